The lowest BCUT2D eigenvalue weighted by Gasteiger charge is -2.40. The average Bonchev–Trinajstić information content (AvgIpc) is 2.48. The van der Waals surface area contributed by atoms with Crippen LogP contribution >= 0.6 is 0 Å². The largest absolute Gasteiger partial charge is 0.273 e. The Kier molecular flexibility index (Phi) is 4.17. The SMILES string of the molecule is Cc1ccc(S(=O)(=O)NC(=O)C2(c3ccc(F)cc3)CCC2)cc1. The Morgan fingerprint density at radius 3 is 2.12 bits per heavy atom. The first-order chi connectivity index (χ1) is 11.3. The molecule has 2 aromatic rings. The molecular weight excluding hydrogens is 329 g/mol. The number of benzene rings is 2. The van der Waals surface area contributed by atoms with E-state index in [1.54, 1.807) is 24.3 Å². The summed E-state index contributed by atoms with van der Waals surface area (Å²) in [6.07, 6.45) is 1.93. The number of halogens is 1. The molecule has 0 saturated heterocycles. The number of nitrogens with one attached hydrogen (secondary N) is 1. The van der Waals surface area contributed by atoms with E-state index in [0.717, 1.165) is 12.0 Å². The summed E-state index contributed by atoms with van der Waals surface area (Å²) in [6, 6.07) is 12.0. The van der Waals surface area contributed by atoms with E-state index in [1.165, 1.54) is 24.3 Å². The minimum absolute atomic E-state index is 0.0510. The third-order valence-corrected chi connectivity index (χ3v) is 5.94. The van der Waals surface area contributed by atoms with E-state index < -0.39 is 21.3 Å². The van der Waals surface area contributed by atoms with Gasteiger partial charge in [-0.3, -0.25) is 4.79 Å². The molecule has 4 nitrogen and oxygen atoms in total. The van der Waals surface area contributed by atoms with Crippen LogP contribution < -0.4 is 4.72 Å². The summed E-state index contributed by atoms with van der Waals surface area (Å²) < 4.78 is 40.2. The molecule has 1 amide bonds. The minimum Gasteiger partial charge on any atom is -0.273 e. The van der Waals surface area contributed by atoms with Crippen molar-refractivity contribution in [3.05, 3.63) is 65.5 Å². The van der Waals surface area contributed by atoms with Crippen molar-refractivity contribution in [2.75, 3.05) is 0 Å². The summed E-state index contributed by atoms with van der Waals surface area (Å²) in [6.45, 7) is 1.85. The summed E-state index contributed by atoms with van der Waals surface area (Å²) in [5, 5.41) is 0. The Balaban J connectivity index is 1.87. The van der Waals surface area contributed by atoms with Crippen molar-refractivity contribution < 1.29 is 17.6 Å². The molecule has 3 rings (SSSR count). The number of carbonyl (C=O) groups is 1. The van der Waals surface area contributed by atoms with E-state index in [1.807, 2.05) is 6.92 Å². The van der Waals surface area contributed by atoms with Crippen LogP contribution in [0.5, 0.6) is 0 Å². The van der Waals surface area contributed by atoms with E-state index in [0.29, 0.717) is 18.4 Å². The standard InChI is InChI=1S/C18H18FNO3S/c1-13-3-9-16(10-4-13)24(22,23)20-17(21)18(11-2-12-18)14-5-7-15(19)8-6-14/h3-10H,2,11-12H2,1H3,(H,20,21). The lowest BCUT2D eigenvalue weighted by molar-refractivity contribution is -0.128. The fourth-order valence-corrected chi connectivity index (χ4v) is 3.99. The molecule has 0 unspecified atom stereocenters. The Hall–Kier alpha value is -2.21. The van der Waals surface area contributed by atoms with Crippen molar-refractivity contribution in [2.45, 2.75) is 36.5 Å². The summed E-state index contributed by atoms with van der Waals surface area (Å²) in [5.74, 6) is -0.943. The van der Waals surface area contributed by atoms with E-state index >= 15 is 0 Å². The molecule has 0 atom stereocenters. The average molecular weight is 347 g/mol. The number of aryl methyl sites for hydroxylation is 1. The molecule has 1 saturated carbocycles. The van der Waals surface area contributed by atoms with Gasteiger partial charge < -0.3 is 0 Å². The number of hydrogen-bond donors (Lipinski definition) is 1. The van der Waals surface area contributed by atoms with Gasteiger partial charge >= 0.3 is 0 Å². The summed E-state index contributed by atoms with van der Waals surface area (Å²) in [4.78, 5) is 12.8. The number of sulfonamides is 1. The number of carbonyl (C=O) groups excluding carboxylic acids is 1. The molecule has 24 heavy (non-hydrogen) atoms. The van der Waals surface area contributed by atoms with Crippen molar-refractivity contribution in [2.24, 2.45) is 0 Å². The van der Waals surface area contributed by atoms with Crippen molar-refractivity contribution in [1.82, 2.24) is 4.72 Å². The normalized spacial score (nSPS) is 16.2. The molecule has 2 aromatic carbocycles. The monoisotopic (exact) mass is 347 g/mol. The van der Waals surface area contributed by atoms with Gasteiger partial charge in [-0.25, -0.2) is 17.5 Å². The van der Waals surface area contributed by atoms with Crippen molar-refractivity contribution in [3.63, 3.8) is 0 Å². The molecule has 126 valence electrons. The zero-order valence-electron chi connectivity index (χ0n) is 13.3. The summed E-state index contributed by atoms with van der Waals surface area (Å²) in [7, 11) is -3.93. The van der Waals surface area contributed by atoms with Gasteiger partial charge in [0.1, 0.15) is 5.82 Å². The van der Waals surface area contributed by atoms with Gasteiger partial charge in [0.25, 0.3) is 10.0 Å². The van der Waals surface area contributed by atoms with Crippen LogP contribution in [-0.4, -0.2) is 14.3 Å². The first kappa shape index (κ1) is 16.6. The van der Waals surface area contributed by atoms with Crippen LogP contribution in [0.4, 0.5) is 4.39 Å². The molecule has 0 aromatic heterocycles. The Bertz CT molecular complexity index is 854. The zero-order valence-corrected chi connectivity index (χ0v) is 14.1. The minimum atomic E-state index is -3.93. The molecule has 0 bridgehead atoms. The number of rotatable bonds is 4. The van der Waals surface area contributed by atoms with Crippen LogP contribution in [0.2, 0.25) is 0 Å². The molecule has 0 radical (unpaired) electrons. The molecule has 1 aliphatic carbocycles. The molecule has 1 fully saturated rings. The maximum Gasteiger partial charge on any atom is 0.264 e. The van der Waals surface area contributed by atoms with Crippen LogP contribution in [0.15, 0.2) is 53.4 Å². The van der Waals surface area contributed by atoms with Gasteiger partial charge in [-0.1, -0.05) is 36.2 Å². The van der Waals surface area contributed by atoms with Crippen LogP contribution in [0.3, 0.4) is 0 Å². The highest BCUT2D eigenvalue weighted by atomic mass is 32.2. The summed E-state index contributed by atoms with van der Waals surface area (Å²) >= 11 is 0. The van der Waals surface area contributed by atoms with Gasteiger partial charge in [-0.2, -0.15) is 0 Å². The van der Waals surface area contributed by atoms with Crippen LogP contribution in [0, 0.1) is 12.7 Å². The molecule has 0 spiro atoms. The second kappa shape index (κ2) is 6.02. The molecule has 0 heterocycles. The predicted molar refractivity (Wildman–Crippen MR) is 88.4 cm³/mol. The van der Waals surface area contributed by atoms with Gasteiger partial charge in [-0.15, -0.1) is 0 Å². The van der Waals surface area contributed by atoms with Gasteiger partial charge in [0.15, 0.2) is 0 Å². The second-order valence-electron chi connectivity index (χ2n) is 6.19. The van der Waals surface area contributed by atoms with Crippen LogP contribution in [0.1, 0.15) is 30.4 Å². The van der Waals surface area contributed by atoms with Gasteiger partial charge in [-0.05, 0) is 49.6 Å². The van der Waals surface area contributed by atoms with E-state index in [9.17, 15) is 17.6 Å². The summed E-state index contributed by atoms with van der Waals surface area (Å²) in [5.41, 5.74) is 0.680. The Labute approximate surface area is 140 Å². The van der Waals surface area contributed by atoms with Crippen molar-refractivity contribution in [1.29, 1.82) is 0 Å². The Morgan fingerprint density at radius 2 is 1.62 bits per heavy atom. The van der Waals surface area contributed by atoms with Crippen LogP contribution in [-0.2, 0) is 20.2 Å². The number of hydrogen-bond acceptors (Lipinski definition) is 3. The Morgan fingerprint density at radius 1 is 1.04 bits per heavy atom. The highest BCUT2D eigenvalue weighted by Gasteiger charge is 2.46. The van der Waals surface area contributed by atoms with Gasteiger partial charge in [0, 0.05) is 0 Å². The van der Waals surface area contributed by atoms with Crippen molar-refractivity contribution in [3.8, 4) is 0 Å². The fourth-order valence-electron chi connectivity index (χ4n) is 2.94. The van der Waals surface area contributed by atoms with Crippen molar-refractivity contribution >= 4 is 15.9 Å². The lowest BCUT2D eigenvalue weighted by Crippen LogP contribution is -2.50. The van der Waals surface area contributed by atoms with E-state index in [2.05, 4.69) is 4.72 Å². The molecule has 6 heteroatoms. The second-order valence-corrected chi connectivity index (χ2v) is 7.87. The van der Waals surface area contributed by atoms with Crippen LogP contribution in [0.25, 0.3) is 0 Å². The lowest BCUT2D eigenvalue weighted by atomic mass is 9.64. The van der Waals surface area contributed by atoms with Gasteiger partial charge in [0.2, 0.25) is 5.91 Å². The molecule has 1 N–H and O–H groups in total. The molecular formula is C18H18FNO3S. The van der Waals surface area contributed by atoms with E-state index in [-0.39, 0.29) is 10.7 Å². The highest BCUT2D eigenvalue weighted by molar-refractivity contribution is 7.90. The zero-order chi connectivity index (χ0) is 17.4. The first-order valence-corrected chi connectivity index (χ1v) is 9.22. The third kappa shape index (κ3) is 2.94. The highest BCUT2D eigenvalue weighted by Crippen LogP contribution is 2.44. The van der Waals surface area contributed by atoms with Gasteiger partial charge in [0.05, 0.1) is 10.3 Å². The first-order valence-electron chi connectivity index (χ1n) is 7.73. The molecule has 0 aliphatic heterocycles. The maximum absolute atomic E-state index is 13.1. The quantitative estimate of drug-likeness (QED) is 0.924. The molecule has 1 aliphatic rings. The predicted octanol–water partition coefficient (Wildman–Crippen LogP) is 3.06. The van der Waals surface area contributed by atoms with E-state index in [4.69, 9.17) is 0 Å². The topological polar surface area (TPSA) is 63.2 Å². The smallest absolute Gasteiger partial charge is 0.264 e. The maximum atomic E-state index is 13.1. The third-order valence-electron chi connectivity index (χ3n) is 4.60. The fraction of sp³-hybridized carbons (Fsp3) is 0.278. The number of amides is 1.